The molecule has 5 rings (SSSR count). The van der Waals surface area contributed by atoms with Crippen molar-refractivity contribution in [3.05, 3.63) is 109 Å². The van der Waals surface area contributed by atoms with E-state index in [0.717, 1.165) is 23.8 Å². The normalized spacial score (nSPS) is 14.8. The molecule has 2 aromatic carbocycles. The molecule has 10 nitrogen and oxygen atoms in total. The fraction of sp³-hybridized carbons (Fsp3) is 0.233. The molecule has 0 fully saturated rings. The maximum Gasteiger partial charge on any atom is 0.338 e. The van der Waals surface area contributed by atoms with Crippen LogP contribution in [0.1, 0.15) is 44.1 Å². The van der Waals surface area contributed by atoms with Gasteiger partial charge in [0.1, 0.15) is 22.3 Å². The molecule has 4 aromatic rings. The zero-order valence-corrected chi connectivity index (χ0v) is 27.5. The highest BCUT2D eigenvalue weighted by Crippen LogP contribution is 2.38. The molecule has 1 atom stereocenters. The smallest absolute Gasteiger partial charge is 0.338 e. The fourth-order valence-corrected chi connectivity index (χ4v) is 6.90. The molecule has 0 aliphatic carbocycles. The first-order valence-corrected chi connectivity index (χ1v) is 15.7. The molecule has 0 spiro atoms. The Balaban J connectivity index is 1.66. The van der Waals surface area contributed by atoms with E-state index >= 15 is 0 Å². The number of aromatic nitrogens is 1. The van der Waals surface area contributed by atoms with Crippen molar-refractivity contribution in [3.8, 4) is 17.1 Å². The highest BCUT2D eigenvalue weighted by molar-refractivity contribution is 9.10. The molecular formula is C30H24BrCl2N3O7S. The Morgan fingerprint density at radius 3 is 2.64 bits per heavy atom. The van der Waals surface area contributed by atoms with Crippen molar-refractivity contribution in [1.29, 1.82) is 0 Å². The quantitative estimate of drug-likeness (QED) is 0.105. The fourth-order valence-electron chi connectivity index (χ4n) is 4.86. The van der Waals surface area contributed by atoms with Gasteiger partial charge in [0.15, 0.2) is 4.80 Å². The van der Waals surface area contributed by atoms with Crippen LogP contribution >= 0.6 is 50.5 Å². The van der Waals surface area contributed by atoms with Gasteiger partial charge in [0.25, 0.3) is 11.2 Å². The number of allylic oxidation sites excluding steroid dienone is 1. The van der Waals surface area contributed by atoms with Crippen molar-refractivity contribution in [2.75, 3.05) is 13.7 Å². The third kappa shape index (κ3) is 5.99. The number of carbonyl (C=O) groups is 1. The minimum Gasteiger partial charge on any atom is -0.496 e. The van der Waals surface area contributed by atoms with Gasteiger partial charge < -0.3 is 13.9 Å². The molecule has 0 radical (unpaired) electrons. The third-order valence-electron chi connectivity index (χ3n) is 6.78. The maximum absolute atomic E-state index is 14.0. The van der Waals surface area contributed by atoms with E-state index in [-0.39, 0.29) is 27.9 Å². The molecule has 0 saturated carbocycles. The third-order valence-corrected chi connectivity index (χ3v) is 9.00. The lowest BCUT2D eigenvalue weighted by molar-refractivity contribution is -0.384. The molecule has 44 heavy (non-hydrogen) atoms. The number of fused-ring (bicyclic) bond motifs is 1. The molecule has 0 bridgehead atoms. The van der Waals surface area contributed by atoms with Crippen LogP contribution in [0.2, 0.25) is 10.0 Å². The first kappa shape index (κ1) is 31.7. The summed E-state index contributed by atoms with van der Waals surface area (Å²) in [6, 6.07) is 10.4. The van der Waals surface area contributed by atoms with Crippen LogP contribution in [0.25, 0.3) is 17.4 Å². The minimum atomic E-state index is -0.801. The number of nitrogens with zero attached hydrogens (tertiary/aromatic N) is 3. The van der Waals surface area contributed by atoms with Gasteiger partial charge in [-0.25, -0.2) is 9.79 Å². The Labute approximate surface area is 273 Å². The number of ether oxygens (including phenoxy) is 2. The molecule has 1 aliphatic heterocycles. The first-order valence-electron chi connectivity index (χ1n) is 13.4. The summed E-state index contributed by atoms with van der Waals surface area (Å²) in [6.45, 7) is 3.87. The van der Waals surface area contributed by atoms with Crippen molar-refractivity contribution >= 4 is 68.2 Å². The van der Waals surface area contributed by atoms with Crippen molar-refractivity contribution in [2.24, 2.45) is 4.99 Å². The summed E-state index contributed by atoms with van der Waals surface area (Å²) in [6.07, 6.45) is 2.80. The van der Waals surface area contributed by atoms with Crippen molar-refractivity contribution in [1.82, 2.24) is 4.57 Å². The topological polar surface area (TPSA) is 126 Å². The van der Waals surface area contributed by atoms with Crippen LogP contribution in [-0.2, 0) is 9.53 Å². The Morgan fingerprint density at radius 1 is 1.20 bits per heavy atom. The highest BCUT2D eigenvalue weighted by Gasteiger charge is 2.34. The van der Waals surface area contributed by atoms with Crippen LogP contribution in [-0.4, -0.2) is 29.2 Å². The minimum absolute atomic E-state index is 0.0852. The Kier molecular flexibility index (Phi) is 9.45. The van der Waals surface area contributed by atoms with Crippen LogP contribution in [0.4, 0.5) is 5.69 Å². The molecule has 2 aromatic heterocycles. The number of nitro benzene ring substituents is 1. The average molecular weight is 721 g/mol. The summed E-state index contributed by atoms with van der Waals surface area (Å²) < 4.78 is 19.3. The number of nitro groups is 1. The second kappa shape index (κ2) is 13.1. The molecule has 0 saturated heterocycles. The SMILES string of the molecule is CCCC1=C(C(=O)OCC)C(c2ccc(OC)c(Br)c2)n2c(s/c(=C/c3ccc(-c4cc(Cl)c([N+](=O)[O-])cc4Cl)o3)c2=O)=N1. The summed E-state index contributed by atoms with van der Waals surface area (Å²) in [7, 11) is 1.55. The molecule has 0 N–H and O–H groups in total. The summed E-state index contributed by atoms with van der Waals surface area (Å²) in [5.41, 5.74) is 1.18. The number of carbonyl (C=O) groups excluding carboxylic acids is 1. The van der Waals surface area contributed by atoms with Crippen LogP contribution in [0, 0.1) is 10.1 Å². The average Bonchev–Trinajstić information content (AvgIpc) is 3.57. The Bertz CT molecular complexity index is 2010. The van der Waals surface area contributed by atoms with Gasteiger partial charge in [0.05, 0.1) is 50.0 Å². The maximum atomic E-state index is 14.0. The lowest BCUT2D eigenvalue weighted by Crippen LogP contribution is -2.40. The van der Waals surface area contributed by atoms with Crippen molar-refractivity contribution in [3.63, 3.8) is 0 Å². The van der Waals surface area contributed by atoms with Gasteiger partial charge in [-0.05, 0) is 65.2 Å². The summed E-state index contributed by atoms with van der Waals surface area (Å²) >= 11 is 17.1. The number of esters is 1. The Morgan fingerprint density at radius 2 is 1.98 bits per heavy atom. The van der Waals surface area contributed by atoms with E-state index < -0.39 is 16.9 Å². The van der Waals surface area contributed by atoms with Crippen LogP contribution in [0.5, 0.6) is 5.75 Å². The molecule has 1 unspecified atom stereocenters. The lowest BCUT2D eigenvalue weighted by Gasteiger charge is -2.26. The standard InChI is InChI=1S/C30H24BrCl2N3O7S/c1-4-6-21-26(29(38)42-5-2)27(15-7-9-24(41-3)18(31)11-15)35-28(37)25(44-30(35)34-21)12-16-8-10-23(43-16)17-13-20(33)22(36(39)40)14-19(17)32/h7-14,27H,4-6H2,1-3H3/b25-12+. The molecule has 228 valence electrons. The predicted molar refractivity (Wildman–Crippen MR) is 171 cm³/mol. The van der Waals surface area contributed by atoms with Gasteiger partial charge in [-0.1, -0.05) is 53.9 Å². The van der Waals surface area contributed by atoms with E-state index in [2.05, 4.69) is 15.9 Å². The summed E-state index contributed by atoms with van der Waals surface area (Å²) in [5, 5.41) is 11.2. The van der Waals surface area contributed by atoms with Gasteiger partial charge >= 0.3 is 5.97 Å². The van der Waals surface area contributed by atoms with Crippen molar-refractivity contribution in [2.45, 2.75) is 32.7 Å². The molecular weight excluding hydrogens is 697 g/mol. The number of methoxy groups -OCH3 is 1. The van der Waals surface area contributed by atoms with Gasteiger partial charge in [-0.2, -0.15) is 0 Å². The van der Waals surface area contributed by atoms with E-state index in [4.69, 9.17) is 42.1 Å². The molecule has 14 heteroatoms. The Hall–Kier alpha value is -3.71. The zero-order chi connectivity index (χ0) is 31.7. The number of furan rings is 1. The van der Waals surface area contributed by atoms with Gasteiger partial charge in [-0.3, -0.25) is 19.5 Å². The second-order valence-electron chi connectivity index (χ2n) is 9.55. The molecule has 1 aliphatic rings. The zero-order valence-electron chi connectivity index (χ0n) is 23.6. The van der Waals surface area contributed by atoms with Crippen LogP contribution in [0.15, 0.2) is 72.4 Å². The van der Waals surface area contributed by atoms with E-state index in [1.807, 2.05) is 13.0 Å². The van der Waals surface area contributed by atoms with Gasteiger partial charge in [0.2, 0.25) is 0 Å². The second-order valence-corrected chi connectivity index (χ2v) is 12.2. The van der Waals surface area contributed by atoms with Gasteiger partial charge in [-0.15, -0.1) is 0 Å². The van der Waals surface area contributed by atoms with E-state index in [0.29, 0.717) is 59.9 Å². The van der Waals surface area contributed by atoms with Crippen molar-refractivity contribution < 1.29 is 23.6 Å². The summed E-state index contributed by atoms with van der Waals surface area (Å²) in [5.74, 6) is 0.694. The number of halogens is 3. The monoisotopic (exact) mass is 719 g/mol. The number of thiazole rings is 1. The number of hydrogen-bond acceptors (Lipinski definition) is 9. The number of benzene rings is 2. The van der Waals surface area contributed by atoms with E-state index in [1.54, 1.807) is 44.4 Å². The molecule has 3 heterocycles. The predicted octanol–water partition coefficient (Wildman–Crippen LogP) is 6.82. The first-order chi connectivity index (χ1) is 21.1. The van der Waals surface area contributed by atoms with Gasteiger partial charge in [0, 0.05) is 17.7 Å². The van der Waals surface area contributed by atoms with Crippen LogP contribution in [0.3, 0.4) is 0 Å². The number of rotatable bonds is 9. The largest absolute Gasteiger partial charge is 0.496 e. The number of hydrogen-bond donors (Lipinski definition) is 0. The highest BCUT2D eigenvalue weighted by atomic mass is 79.9. The van der Waals surface area contributed by atoms with E-state index in [9.17, 15) is 19.7 Å². The summed E-state index contributed by atoms with van der Waals surface area (Å²) in [4.78, 5) is 43.1. The van der Waals surface area contributed by atoms with E-state index in [1.165, 1.54) is 10.6 Å². The van der Waals surface area contributed by atoms with Crippen LogP contribution < -0.4 is 19.6 Å². The molecule has 0 amide bonds. The lowest BCUT2D eigenvalue weighted by atomic mass is 9.94.